The van der Waals surface area contributed by atoms with Crippen molar-refractivity contribution in [2.75, 3.05) is 19.8 Å². The lowest BCUT2D eigenvalue weighted by Crippen LogP contribution is -2.58. The monoisotopic (exact) mass is 276 g/mol. The zero-order valence-corrected chi connectivity index (χ0v) is 12.4. The van der Waals surface area contributed by atoms with Crippen LogP contribution in [0, 0.1) is 0 Å². The van der Waals surface area contributed by atoms with Crippen molar-refractivity contribution in [1.82, 2.24) is 15.8 Å². The molecule has 0 spiro atoms. The van der Waals surface area contributed by atoms with Crippen LogP contribution in [0.1, 0.15) is 33.1 Å². The summed E-state index contributed by atoms with van der Waals surface area (Å²) in [6.45, 7) is 4.74. The lowest BCUT2D eigenvalue weighted by molar-refractivity contribution is 0.0906. The van der Waals surface area contributed by atoms with Crippen LogP contribution in [0.2, 0.25) is 0 Å². The average molecular weight is 276 g/mol. The third-order valence-electron chi connectivity index (χ3n) is 3.39. The molecule has 1 atom stereocenters. The molecular formula is C11H24N4O2S. The van der Waals surface area contributed by atoms with Crippen LogP contribution < -0.4 is 16.5 Å². The first-order valence-corrected chi connectivity index (χ1v) is 8.10. The fourth-order valence-electron chi connectivity index (χ4n) is 2.01. The molecule has 0 amide bonds. The lowest BCUT2D eigenvalue weighted by Gasteiger charge is -2.35. The van der Waals surface area contributed by atoms with Crippen molar-refractivity contribution in [3.05, 3.63) is 10.7 Å². The Balaban J connectivity index is 2.94. The lowest BCUT2D eigenvalue weighted by atomic mass is 10.1. The van der Waals surface area contributed by atoms with E-state index in [4.69, 9.17) is 5.73 Å². The minimum atomic E-state index is -3.33. The minimum absolute atomic E-state index is 0.107. The summed E-state index contributed by atoms with van der Waals surface area (Å²) < 4.78 is 23.3. The topological polar surface area (TPSA) is 87.5 Å². The SMILES string of the molecule is CCCCCN1NC(S(C)(=O)=O)=C(N)C1(C)NC. The zero-order chi connectivity index (χ0) is 14.0. The van der Waals surface area contributed by atoms with Crippen LogP contribution in [0.3, 0.4) is 0 Å². The van der Waals surface area contributed by atoms with Crippen LogP contribution in [-0.4, -0.2) is 38.9 Å². The Kier molecular flexibility index (Phi) is 4.63. The molecule has 0 aromatic carbocycles. The molecule has 1 rings (SSSR count). The van der Waals surface area contributed by atoms with Gasteiger partial charge in [-0.25, -0.2) is 8.42 Å². The van der Waals surface area contributed by atoms with E-state index in [2.05, 4.69) is 17.7 Å². The highest BCUT2D eigenvalue weighted by Gasteiger charge is 2.43. The second kappa shape index (κ2) is 5.46. The predicted octanol–water partition coefficient (Wildman–Crippen LogP) is 0.105. The molecule has 0 bridgehead atoms. The molecule has 0 radical (unpaired) electrons. The number of unbranched alkanes of at least 4 members (excludes halogenated alkanes) is 2. The molecule has 18 heavy (non-hydrogen) atoms. The number of nitrogens with one attached hydrogen (secondary N) is 2. The fraction of sp³-hybridized carbons (Fsp3) is 0.818. The highest BCUT2D eigenvalue weighted by atomic mass is 32.2. The third kappa shape index (κ3) is 2.78. The standard InChI is InChI=1S/C11H24N4O2S/c1-5-6-7-8-15-11(2,13-3)9(12)10(14-15)18(4,16)17/h13-14H,5-8,12H2,1-4H3. The molecule has 0 saturated heterocycles. The Morgan fingerprint density at radius 1 is 1.44 bits per heavy atom. The number of hydrogen-bond donors (Lipinski definition) is 3. The maximum atomic E-state index is 11.7. The van der Waals surface area contributed by atoms with Gasteiger partial charge in [0.25, 0.3) is 0 Å². The van der Waals surface area contributed by atoms with Gasteiger partial charge in [-0.2, -0.15) is 5.01 Å². The van der Waals surface area contributed by atoms with Crippen molar-refractivity contribution in [3.63, 3.8) is 0 Å². The van der Waals surface area contributed by atoms with Crippen molar-refractivity contribution < 1.29 is 8.42 Å². The van der Waals surface area contributed by atoms with Gasteiger partial charge in [0.05, 0.1) is 5.70 Å². The number of hydrazine groups is 1. The van der Waals surface area contributed by atoms with Crippen LogP contribution in [0.5, 0.6) is 0 Å². The molecule has 0 aromatic rings. The number of likely N-dealkylation sites (N-methyl/N-ethyl adjacent to an activating group) is 1. The normalized spacial score (nSPS) is 25.6. The van der Waals surface area contributed by atoms with E-state index in [0.717, 1.165) is 32.1 Å². The van der Waals surface area contributed by atoms with E-state index < -0.39 is 15.5 Å². The number of rotatable bonds is 6. The highest BCUT2D eigenvalue weighted by Crippen LogP contribution is 2.27. The van der Waals surface area contributed by atoms with E-state index in [1.807, 2.05) is 11.9 Å². The Morgan fingerprint density at radius 3 is 2.50 bits per heavy atom. The van der Waals surface area contributed by atoms with Gasteiger partial charge < -0.3 is 11.2 Å². The molecule has 1 aliphatic heterocycles. The van der Waals surface area contributed by atoms with E-state index in [1.165, 1.54) is 0 Å². The molecular weight excluding hydrogens is 252 g/mol. The van der Waals surface area contributed by atoms with Gasteiger partial charge in [0.1, 0.15) is 5.66 Å². The summed E-state index contributed by atoms with van der Waals surface area (Å²) in [5, 5.41) is 5.05. The summed E-state index contributed by atoms with van der Waals surface area (Å²) in [7, 11) is -1.56. The number of hydrogen-bond acceptors (Lipinski definition) is 6. The highest BCUT2D eigenvalue weighted by molar-refractivity contribution is 7.94. The van der Waals surface area contributed by atoms with E-state index in [1.54, 1.807) is 7.05 Å². The van der Waals surface area contributed by atoms with E-state index in [0.29, 0.717) is 5.70 Å². The van der Waals surface area contributed by atoms with E-state index >= 15 is 0 Å². The van der Waals surface area contributed by atoms with Crippen molar-refractivity contribution in [2.45, 2.75) is 38.8 Å². The summed E-state index contributed by atoms with van der Waals surface area (Å²) in [4.78, 5) is 0. The first-order chi connectivity index (χ1) is 8.27. The zero-order valence-electron chi connectivity index (χ0n) is 11.6. The Hall–Kier alpha value is -0.790. The van der Waals surface area contributed by atoms with Crippen molar-refractivity contribution in [3.8, 4) is 0 Å². The van der Waals surface area contributed by atoms with Crippen LogP contribution in [0.15, 0.2) is 10.7 Å². The third-order valence-corrected chi connectivity index (χ3v) is 4.44. The van der Waals surface area contributed by atoms with Gasteiger partial charge in [0.15, 0.2) is 14.9 Å². The Bertz CT molecular complexity index is 432. The second-order valence-electron chi connectivity index (χ2n) is 4.81. The predicted molar refractivity (Wildman–Crippen MR) is 72.9 cm³/mol. The quantitative estimate of drug-likeness (QED) is 0.597. The van der Waals surface area contributed by atoms with Gasteiger partial charge in [-0.05, 0) is 20.4 Å². The Morgan fingerprint density at radius 2 is 2.06 bits per heavy atom. The molecule has 1 heterocycles. The van der Waals surface area contributed by atoms with Crippen LogP contribution in [0.25, 0.3) is 0 Å². The maximum absolute atomic E-state index is 11.7. The molecule has 4 N–H and O–H groups in total. The number of nitrogens with zero attached hydrogens (tertiary/aromatic N) is 1. The van der Waals surface area contributed by atoms with Gasteiger partial charge >= 0.3 is 0 Å². The van der Waals surface area contributed by atoms with Gasteiger partial charge in [-0.3, -0.25) is 5.32 Å². The molecule has 0 fully saturated rings. The number of nitrogens with two attached hydrogens (primary N) is 1. The van der Waals surface area contributed by atoms with Crippen LogP contribution in [-0.2, 0) is 9.84 Å². The molecule has 7 heteroatoms. The van der Waals surface area contributed by atoms with Crippen LogP contribution in [0.4, 0.5) is 0 Å². The molecule has 6 nitrogen and oxygen atoms in total. The smallest absolute Gasteiger partial charge is 0.193 e. The van der Waals surface area contributed by atoms with Crippen LogP contribution >= 0.6 is 0 Å². The van der Waals surface area contributed by atoms with Crippen molar-refractivity contribution >= 4 is 9.84 Å². The van der Waals surface area contributed by atoms with Gasteiger partial charge in [0, 0.05) is 12.8 Å². The molecule has 0 saturated carbocycles. The van der Waals surface area contributed by atoms with Gasteiger partial charge in [0.2, 0.25) is 0 Å². The molecule has 0 aliphatic carbocycles. The maximum Gasteiger partial charge on any atom is 0.193 e. The Labute approximate surface area is 109 Å². The first kappa shape index (κ1) is 15.3. The summed E-state index contributed by atoms with van der Waals surface area (Å²) in [6, 6.07) is 0. The molecule has 0 aromatic heterocycles. The summed E-state index contributed by atoms with van der Waals surface area (Å²) in [6.07, 6.45) is 4.37. The molecule has 1 aliphatic rings. The van der Waals surface area contributed by atoms with Gasteiger partial charge in [-0.1, -0.05) is 19.8 Å². The van der Waals surface area contributed by atoms with E-state index in [9.17, 15) is 8.42 Å². The van der Waals surface area contributed by atoms with Crippen molar-refractivity contribution in [1.29, 1.82) is 0 Å². The van der Waals surface area contributed by atoms with Gasteiger partial charge in [-0.15, -0.1) is 0 Å². The summed E-state index contributed by atoms with van der Waals surface area (Å²) >= 11 is 0. The molecule has 1 unspecified atom stereocenters. The second-order valence-corrected chi connectivity index (χ2v) is 6.76. The summed E-state index contributed by atoms with van der Waals surface area (Å²) in [5.41, 5.74) is 8.56. The molecule has 106 valence electrons. The van der Waals surface area contributed by atoms with E-state index in [-0.39, 0.29) is 5.03 Å². The minimum Gasteiger partial charge on any atom is -0.397 e. The number of sulfone groups is 1. The average Bonchev–Trinajstić information content (AvgIpc) is 2.54. The van der Waals surface area contributed by atoms with Crippen molar-refractivity contribution in [2.24, 2.45) is 5.73 Å². The first-order valence-electron chi connectivity index (χ1n) is 6.20. The largest absolute Gasteiger partial charge is 0.397 e. The summed E-state index contributed by atoms with van der Waals surface area (Å²) in [5.74, 6) is 0. The fourth-order valence-corrected chi connectivity index (χ4v) is 2.89.